The van der Waals surface area contributed by atoms with Crippen LogP contribution in [-0.4, -0.2) is 34.7 Å². The van der Waals surface area contributed by atoms with E-state index in [-0.39, 0.29) is 18.4 Å². The average Bonchev–Trinajstić information content (AvgIpc) is 3.29. The number of carbonyl (C=O) groups excluding carboxylic acids is 2. The van der Waals surface area contributed by atoms with Gasteiger partial charge in [-0.3, -0.25) is 9.59 Å². The molecule has 0 aliphatic carbocycles. The molecule has 170 valence electrons. The summed E-state index contributed by atoms with van der Waals surface area (Å²) in [4.78, 5) is 31.0. The second-order valence-electron chi connectivity index (χ2n) is 8.15. The van der Waals surface area contributed by atoms with Gasteiger partial charge in [0.2, 0.25) is 11.8 Å². The number of hydrogen-bond acceptors (Lipinski definition) is 3. The van der Waals surface area contributed by atoms with Crippen molar-refractivity contribution in [3.05, 3.63) is 58.3 Å². The largest absolute Gasteiger partial charge is 0.333 e. The molecule has 2 aromatic rings. The average molecular weight is 443 g/mol. The van der Waals surface area contributed by atoms with E-state index in [1.165, 1.54) is 19.3 Å². The van der Waals surface area contributed by atoms with E-state index in [2.05, 4.69) is 19.9 Å². The third kappa shape index (κ3) is 9.69. The number of nitrogens with zero attached hydrogens (tertiary/aromatic N) is 2. The van der Waals surface area contributed by atoms with Gasteiger partial charge < -0.3 is 9.80 Å². The first-order valence-electron chi connectivity index (χ1n) is 11.8. The standard InChI is InChI=1S/C26H38N2O2S/c1-3-5-7-8-12-17-25(29)27(18-6-4-2)22-26(30)28(21-24-16-13-19-31-24)20-23-14-10-9-11-15-23/h9-11,13-16,19H,3-8,12,17-18,20-22H2,1-2H3. The van der Waals surface area contributed by atoms with Gasteiger partial charge in [-0.25, -0.2) is 0 Å². The van der Waals surface area contributed by atoms with Crippen molar-refractivity contribution in [3.63, 3.8) is 0 Å². The Morgan fingerprint density at radius 1 is 0.774 bits per heavy atom. The van der Waals surface area contributed by atoms with Crippen molar-refractivity contribution in [2.75, 3.05) is 13.1 Å². The zero-order chi connectivity index (χ0) is 22.3. The Hall–Kier alpha value is -2.14. The number of hydrogen-bond donors (Lipinski definition) is 0. The van der Waals surface area contributed by atoms with Crippen molar-refractivity contribution in [1.29, 1.82) is 0 Å². The van der Waals surface area contributed by atoms with Crippen LogP contribution in [0.4, 0.5) is 0 Å². The highest BCUT2D eigenvalue weighted by atomic mass is 32.1. The molecule has 0 aliphatic rings. The lowest BCUT2D eigenvalue weighted by Crippen LogP contribution is -2.42. The third-order valence-electron chi connectivity index (χ3n) is 5.45. The van der Waals surface area contributed by atoms with Crippen LogP contribution < -0.4 is 0 Å². The van der Waals surface area contributed by atoms with E-state index < -0.39 is 0 Å². The molecule has 2 rings (SSSR count). The van der Waals surface area contributed by atoms with Crippen LogP contribution in [-0.2, 0) is 22.7 Å². The summed E-state index contributed by atoms with van der Waals surface area (Å²) >= 11 is 1.66. The fraction of sp³-hybridized carbons (Fsp3) is 0.538. The van der Waals surface area contributed by atoms with E-state index in [0.29, 0.717) is 26.1 Å². The molecule has 0 fully saturated rings. The monoisotopic (exact) mass is 442 g/mol. The van der Waals surface area contributed by atoms with E-state index in [9.17, 15) is 9.59 Å². The molecule has 0 unspecified atom stereocenters. The number of thiophene rings is 1. The first-order valence-corrected chi connectivity index (χ1v) is 12.6. The van der Waals surface area contributed by atoms with Gasteiger partial charge >= 0.3 is 0 Å². The van der Waals surface area contributed by atoms with Crippen LogP contribution in [0.15, 0.2) is 47.8 Å². The maximum atomic E-state index is 13.3. The topological polar surface area (TPSA) is 40.6 Å². The Kier molecular flexibility index (Phi) is 12.0. The molecule has 31 heavy (non-hydrogen) atoms. The smallest absolute Gasteiger partial charge is 0.242 e. The molecule has 1 aromatic carbocycles. The molecule has 0 atom stereocenters. The minimum Gasteiger partial charge on any atom is -0.333 e. The molecule has 5 heteroatoms. The predicted molar refractivity (Wildman–Crippen MR) is 130 cm³/mol. The number of carbonyl (C=O) groups is 2. The molecule has 0 N–H and O–H groups in total. The van der Waals surface area contributed by atoms with Crippen LogP contribution >= 0.6 is 11.3 Å². The Bertz CT molecular complexity index is 746. The van der Waals surface area contributed by atoms with Gasteiger partial charge in [0.25, 0.3) is 0 Å². The number of benzene rings is 1. The van der Waals surface area contributed by atoms with Gasteiger partial charge in [-0.05, 0) is 29.9 Å². The zero-order valence-electron chi connectivity index (χ0n) is 19.2. The van der Waals surface area contributed by atoms with Crippen molar-refractivity contribution in [3.8, 4) is 0 Å². The van der Waals surface area contributed by atoms with Gasteiger partial charge in [0.1, 0.15) is 0 Å². The van der Waals surface area contributed by atoms with Crippen molar-refractivity contribution < 1.29 is 9.59 Å². The first-order chi connectivity index (χ1) is 15.1. The summed E-state index contributed by atoms with van der Waals surface area (Å²) in [7, 11) is 0. The van der Waals surface area contributed by atoms with Gasteiger partial charge in [0.15, 0.2) is 0 Å². The lowest BCUT2D eigenvalue weighted by atomic mass is 10.1. The fourth-order valence-electron chi connectivity index (χ4n) is 3.57. The number of amides is 2. The summed E-state index contributed by atoms with van der Waals surface area (Å²) in [6, 6.07) is 14.2. The second kappa shape index (κ2) is 14.8. The quantitative estimate of drug-likeness (QED) is 0.305. The third-order valence-corrected chi connectivity index (χ3v) is 6.31. The lowest BCUT2D eigenvalue weighted by molar-refractivity contribution is -0.141. The van der Waals surface area contributed by atoms with Crippen LogP contribution in [0.1, 0.15) is 75.7 Å². The Balaban J connectivity index is 2.01. The SMILES string of the molecule is CCCCCCCC(=O)N(CCCC)CC(=O)N(Cc1ccccc1)Cc1cccs1. The predicted octanol–water partition coefficient (Wildman–Crippen LogP) is 6.27. The van der Waals surface area contributed by atoms with Gasteiger partial charge in [-0.15, -0.1) is 11.3 Å². The summed E-state index contributed by atoms with van der Waals surface area (Å²) in [5, 5.41) is 2.04. The van der Waals surface area contributed by atoms with E-state index >= 15 is 0 Å². The first kappa shape index (κ1) is 25.1. The second-order valence-corrected chi connectivity index (χ2v) is 9.18. The highest BCUT2D eigenvalue weighted by molar-refractivity contribution is 7.09. The van der Waals surface area contributed by atoms with Crippen LogP contribution in [0.3, 0.4) is 0 Å². The molecule has 1 heterocycles. The van der Waals surface area contributed by atoms with Crippen LogP contribution in [0.5, 0.6) is 0 Å². The summed E-state index contributed by atoms with van der Waals surface area (Å²) in [6.07, 6.45) is 8.10. The Morgan fingerprint density at radius 3 is 2.19 bits per heavy atom. The number of unbranched alkanes of at least 4 members (excludes halogenated alkanes) is 5. The maximum Gasteiger partial charge on any atom is 0.242 e. The molecule has 0 saturated carbocycles. The van der Waals surface area contributed by atoms with E-state index in [4.69, 9.17) is 0 Å². The molecule has 0 saturated heterocycles. The van der Waals surface area contributed by atoms with Crippen molar-refractivity contribution in [2.24, 2.45) is 0 Å². The summed E-state index contributed by atoms with van der Waals surface area (Å²) in [5.74, 6) is 0.141. The van der Waals surface area contributed by atoms with E-state index in [0.717, 1.165) is 36.1 Å². The zero-order valence-corrected chi connectivity index (χ0v) is 20.0. The molecule has 2 amide bonds. The van der Waals surface area contributed by atoms with E-state index in [1.807, 2.05) is 46.7 Å². The van der Waals surface area contributed by atoms with Gasteiger partial charge in [0.05, 0.1) is 13.1 Å². The normalized spacial score (nSPS) is 10.8. The van der Waals surface area contributed by atoms with Crippen LogP contribution in [0.2, 0.25) is 0 Å². The molecule has 0 spiro atoms. The van der Waals surface area contributed by atoms with Gasteiger partial charge in [-0.1, -0.05) is 82.3 Å². The van der Waals surface area contributed by atoms with Gasteiger partial charge in [0, 0.05) is 24.4 Å². The van der Waals surface area contributed by atoms with E-state index in [1.54, 1.807) is 16.2 Å². The summed E-state index contributed by atoms with van der Waals surface area (Å²) in [5.41, 5.74) is 1.11. The Labute approximate surface area is 192 Å². The maximum absolute atomic E-state index is 13.3. The highest BCUT2D eigenvalue weighted by Gasteiger charge is 2.21. The lowest BCUT2D eigenvalue weighted by Gasteiger charge is -2.28. The number of rotatable bonds is 15. The Morgan fingerprint density at radius 2 is 1.52 bits per heavy atom. The van der Waals surface area contributed by atoms with Crippen molar-refractivity contribution >= 4 is 23.2 Å². The van der Waals surface area contributed by atoms with Crippen LogP contribution in [0, 0.1) is 0 Å². The molecule has 0 aliphatic heterocycles. The van der Waals surface area contributed by atoms with Crippen molar-refractivity contribution in [1.82, 2.24) is 9.80 Å². The van der Waals surface area contributed by atoms with Crippen molar-refractivity contribution in [2.45, 2.75) is 78.3 Å². The molecule has 0 radical (unpaired) electrons. The summed E-state index contributed by atoms with van der Waals surface area (Å²) < 4.78 is 0. The molecular weight excluding hydrogens is 404 g/mol. The fourth-order valence-corrected chi connectivity index (χ4v) is 4.29. The van der Waals surface area contributed by atoms with Crippen LogP contribution in [0.25, 0.3) is 0 Å². The molecule has 1 aromatic heterocycles. The molecule has 0 bridgehead atoms. The molecule has 4 nitrogen and oxygen atoms in total. The molecular formula is C26H38N2O2S. The highest BCUT2D eigenvalue weighted by Crippen LogP contribution is 2.16. The minimum absolute atomic E-state index is 0.0210. The minimum atomic E-state index is 0.0210. The van der Waals surface area contributed by atoms with Gasteiger partial charge in [-0.2, -0.15) is 0 Å². The summed E-state index contributed by atoms with van der Waals surface area (Å²) in [6.45, 7) is 6.29.